The first-order chi connectivity index (χ1) is 8.45. The monoisotopic (exact) mass is 359 g/mol. The Hall–Kier alpha value is -0.580. The fourth-order valence-corrected chi connectivity index (χ4v) is 2.89. The SMILES string of the molecule is CC(C)c1ccc(C(=O)NC(CI)C(C)C)cc1. The molecule has 0 saturated heterocycles. The average Bonchev–Trinajstić information content (AvgIpc) is 2.35. The molecule has 1 atom stereocenters. The predicted molar refractivity (Wildman–Crippen MR) is 85.5 cm³/mol. The van der Waals surface area contributed by atoms with Crippen molar-refractivity contribution in [3.8, 4) is 0 Å². The third-order valence-corrected chi connectivity index (χ3v) is 4.08. The summed E-state index contributed by atoms with van der Waals surface area (Å²) in [5.41, 5.74) is 2.01. The van der Waals surface area contributed by atoms with Crippen LogP contribution in [-0.2, 0) is 0 Å². The van der Waals surface area contributed by atoms with Crippen molar-refractivity contribution in [1.29, 1.82) is 0 Å². The van der Waals surface area contributed by atoms with E-state index in [1.54, 1.807) is 0 Å². The number of benzene rings is 1. The van der Waals surface area contributed by atoms with Gasteiger partial charge in [0.25, 0.3) is 5.91 Å². The van der Waals surface area contributed by atoms with E-state index in [1.165, 1.54) is 5.56 Å². The zero-order valence-corrected chi connectivity index (χ0v) is 13.7. The first-order valence-electron chi connectivity index (χ1n) is 6.42. The third kappa shape index (κ3) is 4.26. The second-order valence-corrected chi connectivity index (χ2v) is 6.14. The van der Waals surface area contributed by atoms with Gasteiger partial charge in [0.1, 0.15) is 0 Å². The van der Waals surface area contributed by atoms with Gasteiger partial charge in [-0.15, -0.1) is 0 Å². The van der Waals surface area contributed by atoms with Crippen LogP contribution in [0.4, 0.5) is 0 Å². The van der Waals surface area contributed by atoms with Gasteiger partial charge in [0.05, 0.1) is 0 Å². The van der Waals surface area contributed by atoms with Crippen molar-refractivity contribution in [3.05, 3.63) is 35.4 Å². The topological polar surface area (TPSA) is 29.1 Å². The quantitative estimate of drug-likeness (QED) is 0.625. The molecule has 2 nitrogen and oxygen atoms in total. The van der Waals surface area contributed by atoms with E-state index in [-0.39, 0.29) is 11.9 Å². The van der Waals surface area contributed by atoms with Crippen molar-refractivity contribution in [2.45, 2.75) is 39.7 Å². The molecule has 100 valence electrons. The number of rotatable bonds is 5. The normalized spacial score (nSPS) is 12.8. The van der Waals surface area contributed by atoms with E-state index in [0.717, 1.165) is 9.99 Å². The van der Waals surface area contributed by atoms with Crippen LogP contribution in [-0.4, -0.2) is 16.4 Å². The van der Waals surface area contributed by atoms with Crippen LogP contribution in [0, 0.1) is 5.92 Å². The van der Waals surface area contributed by atoms with Crippen molar-refractivity contribution >= 4 is 28.5 Å². The van der Waals surface area contributed by atoms with Gasteiger partial charge in [-0.25, -0.2) is 0 Å². The molecule has 0 aliphatic heterocycles. The lowest BCUT2D eigenvalue weighted by molar-refractivity contribution is 0.0932. The van der Waals surface area contributed by atoms with Crippen LogP contribution in [0.15, 0.2) is 24.3 Å². The number of nitrogens with one attached hydrogen (secondary N) is 1. The van der Waals surface area contributed by atoms with Crippen LogP contribution < -0.4 is 5.32 Å². The largest absolute Gasteiger partial charge is 0.348 e. The molecular formula is C15H22INO. The van der Waals surface area contributed by atoms with Gasteiger partial charge in [-0.3, -0.25) is 4.79 Å². The molecule has 0 aromatic heterocycles. The molecule has 0 fully saturated rings. The van der Waals surface area contributed by atoms with Crippen LogP contribution in [0.2, 0.25) is 0 Å². The Labute approximate surface area is 124 Å². The number of hydrogen-bond acceptors (Lipinski definition) is 1. The Kier molecular flexibility index (Phi) is 6.12. The van der Waals surface area contributed by atoms with Crippen LogP contribution in [0.1, 0.15) is 49.5 Å². The minimum Gasteiger partial charge on any atom is -0.348 e. The summed E-state index contributed by atoms with van der Waals surface area (Å²) >= 11 is 2.32. The van der Waals surface area contributed by atoms with E-state index >= 15 is 0 Å². The summed E-state index contributed by atoms with van der Waals surface area (Å²) in [4.78, 5) is 12.1. The van der Waals surface area contributed by atoms with E-state index in [4.69, 9.17) is 0 Å². The zero-order chi connectivity index (χ0) is 13.7. The highest BCUT2D eigenvalue weighted by Crippen LogP contribution is 2.15. The van der Waals surface area contributed by atoms with Gasteiger partial charge < -0.3 is 5.32 Å². The summed E-state index contributed by atoms with van der Waals surface area (Å²) in [6.07, 6.45) is 0. The number of carbonyl (C=O) groups excluding carboxylic acids is 1. The highest BCUT2D eigenvalue weighted by atomic mass is 127. The minimum absolute atomic E-state index is 0.0284. The first kappa shape index (κ1) is 15.5. The fourth-order valence-electron chi connectivity index (χ4n) is 1.65. The minimum atomic E-state index is 0.0284. The molecule has 0 aliphatic rings. The molecule has 1 N–H and O–H groups in total. The molecular weight excluding hydrogens is 337 g/mol. The Morgan fingerprint density at radius 3 is 2.11 bits per heavy atom. The van der Waals surface area contributed by atoms with Crippen LogP contribution in [0.25, 0.3) is 0 Å². The fraction of sp³-hybridized carbons (Fsp3) is 0.533. The van der Waals surface area contributed by atoms with Crippen LogP contribution >= 0.6 is 22.6 Å². The van der Waals surface area contributed by atoms with Gasteiger partial charge in [-0.1, -0.05) is 62.4 Å². The maximum atomic E-state index is 12.1. The number of amides is 1. The van der Waals surface area contributed by atoms with Crippen molar-refractivity contribution in [2.24, 2.45) is 5.92 Å². The van der Waals surface area contributed by atoms with Gasteiger partial charge in [-0.05, 0) is 29.5 Å². The van der Waals surface area contributed by atoms with E-state index in [0.29, 0.717) is 11.8 Å². The summed E-state index contributed by atoms with van der Waals surface area (Å²) in [5.74, 6) is 0.987. The number of alkyl halides is 1. The summed E-state index contributed by atoms with van der Waals surface area (Å²) < 4.78 is 0.936. The van der Waals surface area contributed by atoms with Gasteiger partial charge in [-0.2, -0.15) is 0 Å². The Bertz CT molecular complexity index is 384. The predicted octanol–water partition coefficient (Wildman–Crippen LogP) is 4.00. The lowest BCUT2D eigenvalue weighted by Crippen LogP contribution is -2.39. The van der Waals surface area contributed by atoms with Crippen molar-refractivity contribution in [3.63, 3.8) is 0 Å². The summed E-state index contributed by atoms with van der Waals surface area (Å²) in [6, 6.07) is 8.13. The second-order valence-electron chi connectivity index (χ2n) is 5.25. The number of hydrogen-bond donors (Lipinski definition) is 1. The molecule has 0 bridgehead atoms. The van der Waals surface area contributed by atoms with Crippen molar-refractivity contribution < 1.29 is 4.79 Å². The van der Waals surface area contributed by atoms with E-state index < -0.39 is 0 Å². The van der Waals surface area contributed by atoms with Crippen LogP contribution in [0.5, 0.6) is 0 Å². The standard InChI is InChI=1S/C15H22INO/c1-10(2)12-5-7-13(8-6-12)15(18)17-14(9-16)11(3)4/h5-8,10-11,14H,9H2,1-4H3,(H,17,18). The molecule has 18 heavy (non-hydrogen) atoms. The molecule has 0 heterocycles. The maximum Gasteiger partial charge on any atom is 0.251 e. The number of halogens is 1. The lowest BCUT2D eigenvalue weighted by atomic mass is 10.0. The van der Waals surface area contributed by atoms with Crippen LogP contribution in [0.3, 0.4) is 0 Å². The molecule has 0 radical (unpaired) electrons. The molecule has 1 unspecified atom stereocenters. The van der Waals surface area contributed by atoms with E-state index in [1.807, 2.05) is 24.3 Å². The van der Waals surface area contributed by atoms with E-state index in [2.05, 4.69) is 55.6 Å². The maximum absolute atomic E-state index is 12.1. The molecule has 1 aromatic rings. The smallest absolute Gasteiger partial charge is 0.251 e. The Morgan fingerprint density at radius 1 is 1.17 bits per heavy atom. The summed E-state index contributed by atoms with van der Waals surface area (Å²) in [5, 5.41) is 3.08. The lowest BCUT2D eigenvalue weighted by Gasteiger charge is -2.20. The van der Waals surface area contributed by atoms with Gasteiger partial charge in [0, 0.05) is 16.0 Å². The third-order valence-electron chi connectivity index (χ3n) is 3.13. The number of carbonyl (C=O) groups is 1. The van der Waals surface area contributed by atoms with Gasteiger partial charge in [0.15, 0.2) is 0 Å². The van der Waals surface area contributed by atoms with Gasteiger partial charge >= 0.3 is 0 Å². The Balaban J connectivity index is 2.72. The summed E-state index contributed by atoms with van der Waals surface area (Å²) in [6.45, 7) is 8.57. The highest BCUT2D eigenvalue weighted by molar-refractivity contribution is 14.1. The average molecular weight is 359 g/mol. The molecule has 1 aromatic carbocycles. The highest BCUT2D eigenvalue weighted by Gasteiger charge is 2.15. The van der Waals surface area contributed by atoms with E-state index in [9.17, 15) is 4.79 Å². The molecule has 1 rings (SSSR count). The molecule has 3 heteroatoms. The molecule has 0 spiro atoms. The molecule has 0 aliphatic carbocycles. The zero-order valence-electron chi connectivity index (χ0n) is 11.5. The van der Waals surface area contributed by atoms with Crippen molar-refractivity contribution in [1.82, 2.24) is 5.32 Å². The first-order valence-corrected chi connectivity index (χ1v) is 7.95. The molecule has 0 saturated carbocycles. The van der Waals surface area contributed by atoms with Gasteiger partial charge in [0.2, 0.25) is 0 Å². The van der Waals surface area contributed by atoms with Crippen molar-refractivity contribution in [2.75, 3.05) is 4.43 Å². The summed E-state index contributed by atoms with van der Waals surface area (Å²) in [7, 11) is 0. The molecule has 1 amide bonds. The second kappa shape index (κ2) is 7.12. The Morgan fingerprint density at radius 2 is 1.72 bits per heavy atom.